The van der Waals surface area contributed by atoms with Crippen LogP contribution in [0.2, 0.25) is 0 Å². The number of nitrogens with one attached hydrogen (secondary N) is 5. The Hall–Kier alpha value is -3.45. The van der Waals surface area contributed by atoms with Crippen LogP contribution >= 0.6 is 0 Å². The zero-order chi connectivity index (χ0) is 28.6. The van der Waals surface area contributed by atoms with Crippen LogP contribution in [0.1, 0.15) is 35.2 Å². The third kappa shape index (κ3) is 11.3. The van der Waals surface area contributed by atoms with Gasteiger partial charge in [0.1, 0.15) is 6.04 Å². The number of carboxylic acid groups (broad SMARTS) is 1. The lowest BCUT2D eigenvalue weighted by Gasteiger charge is -2.24. The van der Waals surface area contributed by atoms with E-state index in [1.54, 1.807) is 24.5 Å². The number of aryl methyl sites for hydroxylation is 1. The topological polar surface area (TPSA) is 161 Å². The summed E-state index contributed by atoms with van der Waals surface area (Å²) in [6, 6.07) is 6.19. The number of rotatable bonds is 11. The van der Waals surface area contributed by atoms with Crippen LogP contribution in [0.3, 0.4) is 0 Å². The number of carbonyl (C=O) groups is 3. The van der Waals surface area contributed by atoms with Crippen molar-refractivity contribution >= 4 is 17.8 Å². The second-order valence-corrected chi connectivity index (χ2v) is 9.88. The number of aromatic nitrogens is 2. The van der Waals surface area contributed by atoms with E-state index in [0.717, 1.165) is 44.8 Å². The zero-order valence-electron chi connectivity index (χ0n) is 23.2. The van der Waals surface area contributed by atoms with E-state index in [2.05, 4.69) is 36.6 Å². The Bertz CT molecular complexity index is 1090. The van der Waals surface area contributed by atoms with Crippen molar-refractivity contribution in [3.63, 3.8) is 0 Å². The molecule has 1 aliphatic rings. The van der Waals surface area contributed by atoms with Crippen molar-refractivity contribution in [3.05, 3.63) is 47.8 Å². The summed E-state index contributed by atoms with van der Waals surface area (Å²) in [5.74, 6) is -1.59. The van der Waals surface area contributed by atoms with Crippen LogP contribution in [0.5, 0.6) is 0 Å². The molecule has 0 radical (unpaired) electrons. The molecule has 0 bridgehead atoms. The van der Waals surface area contributed by atoms with Gasteiger partial charge in [-0.25, -0.2) is 4.79 Å². The highest BCUT2D eigenvalue weighted by atomic mass is 16.4. The fourth-order valence-electron chi connectivity index (χ4n) is 4.34. The number of aliphatic carboxylic acids is 1. The Balaban J connectivity index is 1.39. The predicted octanol–water partition coefficient (Wildman–Crippen LogP) is 0.00592. The summed E-state index contributed by atoms with van der Waals surface area (Å²) in [6.07, 6.45) is 4.70. The molecule has 0 saturated carbocycles. The number of carbonyl (C=O) groups excluding carboxylic acids is 2. The van der Waals surface area contributed by atoms with Crippen LogP contribution in [-0.4, -0.2) is 109 Å². The molecule has 1 unspecified atom stereocenters. The summed E-state index contributed by atoms with van der Waals surface area (Å²) >= 11 is 0. The highest BCUT2D eigenvalue weighted by Gasteiger charge is 2.21. The average molecular weight is 555 g/mol. The van der Waals surface area contributed by atoms with Crippen LogP contribution in [-0.2, 0) is 9.59 Å². The van der Waals surface area contributed by atoms with Crippen molar-refractivity contribution in [1.29, 1.82) is 0 Å². The van der Waals surface area contributed by atoms with Gasteiger partial charge in [-0.3, -0.25) is 24.5 Å². The second kappa shape index (κ2) is 17.3. The molecule has 2 amide bonds. The van der Waals surface area contributed by atoms with E-state index < -0.39 is 12.0 Å². The van der Waals surface area contributed by atoms with Crippen molar-refractivity contribution in [1.82, 2.24) is 41.5 Å². The Labute approximate surface area is 235 Å². The monoisotopic (exact) mass is 554 g/mol. The fraction of sp³-hybridized carbons (Fsp3) is 0.536. The quantitative estimate of drug-likeness (QED) is 0.209. The summed E-state index contributed by atoms with van der Waals surface area (Å²) in [4.78, 5) is 47.7. The van der Waals surface area contributed by atoms with Gasteiger partial charge in [0.25, 0.3) is 5.91 Å². The van der Waals surface area contributed by atoms with Crippen LogP contribution in [0.15, 0.2) is 36.7 Å². The van der Waals surface area contributed by atoms with Gasteiger partial charge in [0.15, 0.2) is 0 Å². The van der Waals surface area contributed by atoms with Crippen LogP contribution in [0.4, 0.5) is 0 Å². The van der Waals surface area contributed by atoms with Gasteiger partial charge in [-0.2, -0.15) is 0 Å². The molecular weight excluding hydrogens is 512 g/mol. The first-order valence-corrected chi connectivity index (χ1v) is 14.0. The standard InChI is InChI=1S/C28H42N8O4/c1-21-5-8-32-24(18-21)25-19-22(6-9-33-25)27(38)34-7-3-2-4-23(28(39)40)35-26(37)20-36-16-14-30-12-10-29-11-13-31-15-17-36/h5-6,8-9,18-19,23,29-31H,2-4,7,10-17,20H2,1H3,(H,34,38)(H,35,37)(H,39,40). The van der Waals surface area contributed by atoms with E-state index in [9.17, 15) is 19.5 Å². The first kappa shape index (κ1) is 31.1. The third-order valence-electron chi connectivity index (χ3n) is 6.57. The van der Waals surface area contributed by atoms with Gasteiger partial charge in [-0.1, -0.05) is 0 Å². The summed E-state index contributed by atoms with van der Waals surface area (Å²) < 4.78 is 0. The molecule has 12 heteroatoms. The fourth-order valence-corrected chi connectivity index (χ4v) is 4.34. The van der Waals surface area contributed by atoms with Crippen molar-refractivity contribution in [2.75, 3.05) is 65.4 Å². The predicted molar refractivity (Wildman–Crippen MR) is 153 cm³/mol. The first-order chi connectivity index (χ1) is 19.4. The molecule has 40 heavy (non-hydrogen) atoms. The molecule has 2 aromatic heterocycles. The Morgan fingerprint density at radius 1 is 0.925 bits per heavy atom. The molecule has 218 valence electrons. The SMILES string of the molecule is Cc1ccnc(-c2cc(C(=O)NCCCCC(NC(=O)CN3CCNCCNCCNCC3)C(=O)O)ccn2)c1. The third-order valence-corrected chi connectivity index (χ3v) is 6.57. The van der Waals surface area contributed by atoms with Crippen molar-refractivity contribution < 1.29 is 19.5 Å². The van der Waals surface area contributed by atoms with E-state index in [1.165, 1.54) is 0 Å². The molecule has 1 saturated heterocycles. The molecule has 1 fully saturated rings. The smallest absolute Gasteiger partial charge is 0.326 e. The van der Waals surface area contributed by atoms with E-state index in [0.29, 0.717) is 49.4 Å². The maximum atomic E-state index is 12.7. The van der Waals surface area contributed by atoms with Crippen LogP contribution < -0.4 is 26.6 Å². The average Bonchev–Trinajstić information content (AvgIpc) is 2.93. The summed E-state index contributed by atoms with van der Waals surface area (Å²) in [6.45, 7) is 8.92. The number of unbranched alkanes of at least 4 members (excludes halogenated alkanes) is 1. The highest BCUT2D eigenvalue weighted by Crippen LogP contribution is 2.16. The van der Waals surface area contributed by atoms with Gasteiger partial charge in [0.2, 0.25) is 5.91 Å². The van der Waals surface area contributed by atoms with Gasteiger partial charge >= 0.3 is 5.97 Å². The lowest BCUT2D eigenvalue weighted by molar-refractivity contribution is -0.142. The Morgan fingerprint density at radius 2 is 1.55 bits per heavy atom. The lowest BCUT2D eigenvalue weighted by atomic mass is 10.1. The van der Waals surface area contributed by atoms with E-state index in [1.807, 2.05) is 24.0 Å². The largest absolute Gasteiger partial charge is 0.480 e. The lowest BCUT2D eigenvalue weighted by Crippen LogP contribution is -2.48. The minimum Gasteiger partial charge on any atom is -0.480 e. The minimum absolute atomic E-state index is 0.146. The van der Waals surface area contributed by atoms with Crippen LogP contribution in [0, 0.1) is 6.92 Å². The number of nitrogens with zero attached hydrogens (tertiary/aromatic N) is 3. The highest BCUT2D eigenvalue weighted by molar-refractivity contribution is 5.95. The summed E-state index contributed by atoms with van der Waals surface area (Å²) in [5, 5.41) is 25.2. The molecule has 2 aromatic rings. The Morgan fingerprint density at radius 3 is 2.20 bits per heavy atom. The maximum Gasteiger partial charge on any atom is 0.326 e. The van der Waals surface area contributed by atoms with E-state index >= 15 is 0 Å². The summed E-state index contributed by atoms with van der Waals surface area (Å²) in [7, 11) is 0. The first-order valence-electron chi connectivity index (χ1n) is 14.0. The van der Waals surface area contributed by atoms with E-state index in [4.69, 9.17) is 0 Å². The molecule has 1 atom stereocenters. The number of carboxylic acids is 1. The number of hydrogen-bond acceptors (Lipinski definition) is 9. The molecule has 0 aliphatic carbocycles. The van der Waals surface area contributed by atoms with Crippen molar-refractivity contribution in [2.45, 2.75) is 32.2 Å². The molecular formula is C28H42N8O4. The van der Waals surface area contributed by atoms with E-state index in [-0.39, 0.29) is 24.8 Å². The van der Waals surface area contributed by atoms with Crippen molar-refractivity contribution in [2.24, 2.45) is 0 Å². The number of pyridine rings is 2. The van der Waals surface area contributed by atoms with Crippen molar-refractivity contribution in [3.8, 4) is 11.4 Å². The molecule has 1 aliphatic heterocycles. The normalized spacial score (nSPS) is 16.2. The van der Waals surface area contributed by atoms with Gasteiger partial charge in [-0.15, -0.1) is 0 Å². The molecule has 0 aromatic carbocycles. The second-order valence-electron chi connectivity index (χ2n) is 9.88. The maximum absolute atomic E-state index is 12.7. The van der Waals surface area contributed by atoms with Gasteiger partial charge < -0.3 is 31.7 Å². The van der Waals surface area contributed by atoms with Gasteiger partial charge in [-0.05, 0) is 56.0 Å². The minimum atomic E-state index is -1.06. The van der Waals surface area contributed by atoms with Gasteiger partial charge in [0, 0.05) is 76.9 Å². The number of hydrogen-bond donors (Lipinski definition) is 6. The molecule has 3 rings (SSSR count). The molecule has 12 nitrogen and oxygen atoms in total. The molecule has 3 heterocycles. The molecule has 6 N–H and O–H groups in total. The molecule has 0 spiro atoms. The summed E-state index contributed by atoms with van der Waals surface area (Å²) in [5.41, 5.74) is 2.85. The van der Waals surface area contributed by atoms with Crippen LogP contribution in [0.25, 0.3) is 11.4 Å². The zero-order valence-corrected chi connectivity index (χ0v) is 23.2. The number of amides is 2. The van der Waals surface area contributed by atoms with Gasteiger partial charge in [0.05, 0.1) is 17.9 Å². The Kier molecular flexibility index (Phi) is 13.4.